The number of allylic oxidation sites excluding steroid dienone is 16. The summed E-state index contributed by atoms with van der Waals surface area (Å²) < 4.78 is 16.7. The summed E-state index contributed by atoms with van der Waals surface area (Å²) in [7, 11) is 0. The highest BCUT2D eigenvalue weighted by Gasteiger charge is 2.19. The first-order valence-corrected chi connectivity index (χ1v) is 27.2. The standard InChI is InChI=1S/C60H100O6/c1-4-7-10-13-16-18-20-22-24-25-26-27-28-29-30-31-32-33-34-35-36-38-39-41-44-47-50-53-59(62)65-56-57(55-64-58(61)52-49-46-43-15-12-9-6-3)66-60(63)54-51-48-45-42-40-37-23-21-19-17-14-11-8-5-2/h7,10,14,16-18,21-24,26-27,29-30,32-33,57H,4-6,8-9,11-13,15,19-20,25,28,31,34-56H2,1-3H3/b10-7-,17-14-,18-16-,23-21-,24-22-,27-26-,30-29-,33-32-. The zero-order chi connectivity index (χ0) is 47.9. The number of esters is 3. The van der Waals surface area contributed by atoms with Crippen molar-refractivity contribution in [3.05, 3.63) is 97.2 Å². The highest BCUT2D eigenvalue weighted by molar-refractivity contribution is 5.71. The van der Waals surface area contributed by atoms with E-state index in [0.717, 1.165) is 128 Å². The first-order chi connectivity index (χ1) is 32.5. The summed E-state index contributed by atoms with van der Waals surface area (Å²) in [5.41, 5.74) is 0. The van der Waals surface area contributed by atoms with E-state index in [4.69, 9.17) is 14.2 Å². The fraction of sp³-hybridized carbons (Fsp3) is 0.683. The predicted octanol–water partition coefficient (Wildman–Crippen LogP) is 18.1. The molecule has 0 aliphatic carbocycles. The largest absolute Gasteiger partial charge is 0.462 e. The van der Waals surface area contributed by atoms with Crippen LogP contribution in [0.15, 0.2) is 97.2 Å². The lowest BCUT2D eigenvalue weighted by Gasteiger charge is -2.18. The average Bonchev–Trinajstić information content (AvgIpc) is 3.31. The molecule has 0 aliphatic rings. The molecule has 0 aromatic rings. The van der Waals surface area contributed by atoms with E-state index in [1.54, 1.807) is 0 Å². The summed E-state index contributed by atoms with van der Waals surface area (Å²) in [6.07, 6.45) is 71.3. The van der Waals surface area contributed by atoms with Crippen molar-refractivity contribution in [2.75, 3.05) is 13.2 Å². The van der Waals surface area contributed by atoms with Crippen LogP contribution >= 0.6 is 0 Å². The molecule has 0 spiro atoms. The molecule has 0 aromatic heterocycles. The monoisotopic (exact) mass is 917 g/mol. The van der Waals surface area contributed by atoms with Crippen LogP contribution in [0.3, 0.4) is 0 Å². The lowest BCUT2D eigenvalue weighted by molar-refractivity contribution is -0.167. The lowest BCUT2D eigenvalue weighted by Crippen LogP contribution is -2.30. The van der Waals surface area contributed by atoms with Gasteiger partial charge in [0.1, 0.15) is 13.2 Å². The Morgan fingerprint density at radius 3 is 0.970 bits per heavy atom. The third-order valence-corrected chi connectivity index (χ3v) is 11.3. The molecule has 376 valence electrons. The summed E-state index contributed by atoms with van der Waals surface area (Å²) in [4.78, 5) is 37.8. The van der Waals surface area contributed by atoms with Crippen LogP contribution < -0.4 is 0 Å². The maximum Gasteiger partial charge on any atom is 0.306 e. The van der Waals surface area contributed by atoms with Gasteiger partial charge in [-0.3, -0.25) is 14.4 Å². The normalized spacial score (nSPS) is 12.8. The number of carbonyl (C=O) groups excluding carboxylic acids is 3. The molecule has 0 heterocycles. The number of ether oxygens (including phenoxy) is 3. The first kappa shape index (κ1) is 62.3. The molecule has 66 heavy (non-hydrogen) atoms. The van der Waals surface area contributed by atoms with Gasteiger partial charge in [-0.25, -0.2) is 0 Å². The highest BCUT2D eigenvalue weighted by Crippen LogP contribution is 2.14. The van der Waals surface area contributed by atoms with Crippen molar-refractivity contribution in [1.82, 2.24) is 0 Å². The van der Waals surface area contributed by atoms with Crippen molar-refractivity contribution in [3.63, 3.8) is 0 Å². The Labute approximate surface area is 407 Å². The van der Waals surface area contributed by atoms with Gasteiger partial charge in [0.15, 0.2) is 6.10 Å². The van der Waals surface area contributed by atoms with Gasteiger partial charge in [-0.15, -0.1) is 0 Å². The van der Waals surface area contributed by atoms with Crippen LogP contribution in [-0.4, -0.2) is 37.2 Å². The number of rotatable bonds is 48. The molecule has 0 aromatic carbocycles. The van der Waals surface area contributed by atoms with Crippen LogP contribution in [0.4, 0.5) is 0 Å². The minimum Gasteiger partial charge on any atom is -0.462 e. The van der Waals surface area contributed by atoms with Gasteiger partial charge >= 0.3 is 17.9 Å². The maximum absolute atomic E-state index is 12.8. The SMILES string of the molecule is CC/C=C\C/C=C\C/C=C\C/C=C\C/C=C\C/C=C\CCCCCCCCCCC(=O)OCC(COC(=O)CCCCCCCCC)OC(=O)CCCCCCC/C=C\C/C=C\CCCC. The Hall–Kier alpha value is -3.67. The zero-order valence-electron chi connectivity index (χ0n) is 42.9. The second-order valence-electron chi connectivity index (χ2n) is 17.8. The Morgan fingerprint density at radius 2 is 0.606 bits per heavy atom. The van der Waals surface area contributed by atoms with Crippen molar-refractivity contribution in [2.45, 2.75) is 252 Å². The number of carbonyl (C=O) groups is 3. The van der Waals surface area contributed by atoms with Crippen LogP contribution in [0, 0.1) is 0 Å². The maximum atomic E-state index is 12.8. The van der Waals surface area contributed by atoms with E-state index >= 15 is 0 Å². The Morgan fingerprint density at radius 1 is 0.318 bits per heavy atom. The fourth-order valence-corrected chi connectivity index (χ4v) is 7.23. The Balaban J connectivity index is 4.20. The molecule has 1 atom stereocenters. The smallest absolute Gasteiger partial charge is 0.306 e. The van der Waals surface area contributed by atoms with E-state index in [9.17, 15) is 14.4 Å². The summed E-state index contributed by atoms with van der Waals surface area (Å²) >= 11 is 0. The molecular formula is C60H100O6. The third kappa shape index (κ3) is 51.3. The summed E-state index contributed by atoms with van der Waals surface area (Å²) in [5, 5.41) is 0. The van der Waals surface area contributed by atoms with Gasteiger partial charge in [0.25, 0.3) is 0 Å². The van der Waals surface area contributed by atoms with Crippen molar-refractivity contribution in [1.29, 1.82) is 0 Å². The minimum absolute atomic E-state index is 0.0855. The molecule has 0 fully saturated rings. The first-order valence-electron chi connectivity index (χ1n) is 27.2. The predicted molar refractivity (Wildman–Crippen MR) is 284 cm³/mol. The van der Waals surface area contributed by atoms with Crippen molar-refractivity contribution >= 4 is 17.9 Å². The van der Waals surface area contributed by atoms with Crippen LogP contribution in [0.25, 0.3) is 0 Å². The lowest BCUT2D eigenvalue weighted by atomic mass is 10.1. The van der Waals surface area contributed by atoms with Gasteiger partial charge in [0, 0.05) is 19.3 Å². The second kappa shape index (κ2) is 53.9. The molecule has 0 aliphatic heterocycles. The van der Waals surface area contributed by atoms with E-state index in [1.807, 2.05) is 0 Å². The van der Waals surface area contributed by atoms with E-state index in [2.05, 4.69) is 118 Å². The highest BCUT2D eigenvalue weighted by atomic mass is 16.6. The Kier molecular flexibility index (Phi) is 50.9. The molecule has 0 rings (SSSR count). The van der Waals surface area contributed by atoms with Crippen molar-refractivity contribution in [3.8, 4) is 0 Å². The van der Waals surface area contributed by atoms with Crippen LogP contribution in [-0.2, 0) is 28.6 Å². The van der Waals surface area contributed by atoms with Gasteiger partial charge in [0.2, 0.25) is 0 Å². The molecule has 1 unspecified atom stereocenters. The molecule has 0 amide bonds. The molecule has 0 saturated carbocycles. The number of hydrogen-bond donors (Lipinski definition) is 0. The van der Waals surface area contributed by atoms with E-state index in [1.165, 1.54) is 77.0 Å². The summed E-state index contributed by atoms with van der Waals surface area (Å²) in [6.45, 7) is 6.42. The molecule has 6 heteroatoms. The second-order valence-corrected chi connectivity index (χ2v) is 17.8. The quantitative estimate of drug-likeness (QED) is 0.0262. The average molecular weight is 917 g/mol. The zero-order valence-corrected chi connectivity index (χ0v) is 42.9. The molecule has 0 bridgehead atoms. The van der Waals surface area contributed by atoms with Gasteiger partial charge in [-0.05, 0) is 96.3 Å². The van der Waals surface area contributed by atoms with Gasteiger partial charge in [0.05, 0.1) is 0 Å². The summed E-state index contributed by atoms with van der Waals surface area (Å²) in [5.74, 6) is -0.917. The molecule has 0 saturated heterocycles. The van der Waals surface area contributed by atoms with Crippen LogP contribution in [0.5, 0.6) is 0 Å². The molecular weight excluding hydrogens is 817 g/mol. The van der Waals surface area contributed by atoms with E-state index in [-0.39, 0.29) is 31.1 Å². The van der Waals surface area contributed by atoms with Crippen LogP contribution in [0.1, 0.15) is 245 Å². The Bertz CT molecular complexity index is 1330. The molecule has 0 radical (unpaired) electrons. The minimum atomic E-state index is -0.785. The number of unbranched alkanes of at least 4 members (excludes halogenated alkanes) is 21. The molecule has 0 N–H and O–H groups in total. The van der Waals surface area contributed by atoms with Gasteiger partial charge in [-0.1, -0.05) is 227 Å². The van der Waals surface area contributed by atoms with Crippen molar-refractivity contribution in [2.24, 2.45) is 0 Å². The number of hydrogen-bond acceptors (Lipinski definition) is 6. The van der Waals surface area contributed by atoms with Crippen molar-refractivity contribution < 1.29 is 28.6 Å². The summed E-state index contributed by atoms with van der Waals surface area (Å²) in [6, 6.07) is 0. The third-order valence-electron chi connectivity index (χ3n) is 11.3. The van der Waals surface area contributed by atoms with Gasteiger partial charge in [-0.2, -0.15) is 0 Å². The molecule has 6 nitrogen and oxygen atoms in total. The topological polar surface area (TPSA) is 78.9 Å². The van der Waals surface area contributed by atoms with Crippen LogP contribution in [0.2, 0.25) is 0 Å². The van der Waals surface area contributed by atoms with E-state index in [0.29, 0.717) is 19.3 Å². The fourth-order valence-electron chi connectivity index (χ4n) is 7.23. The van der Waals surface area contributed by atoms with Gasteiger partial charge < -0.3 is 14.2 Å². The van der Waals surface area contributed by atoms with E-state index < -0.39 is 6.10 Å².